The smallest absolute Gasteiger partial charge is 0.228 e. The van der Waals surface area contributed by atoms with Gasteiger partial charge in [-0.05, 0) is 12.8 Å². The van der Waals surface area contributed by atoms with Crippen molar-refractivity contribution in [2.75, 3.05) is 20.1 Å². The van der Waals surface area contributed by atoms with E-state index in [1.165, 1.54) is 7.05 Å². The van der Waals surface area contributed by atoms with E-state index < -0.39 is 25.5 Å². The Morgan fingerprint density at radius 2 is 1.93 bits per heavy atom. The minimum absolute atomic E-state index is 0.0675. The second kappa shape index (κ2) is 4.34. The zero-order chi connectivity index (χ0) is 11.7. The summed E-state index contributed by atoms with van der Waals surface area (Å²) in [5.74, 6) is 0. The van der Waals surface area contributed by atoms with Crippen molar-refractivity contribution in [3.8, 4) is 0 Å². The summed E-state index contributed by atoms with van der Waals surface area (Å²) >= 11 is 0. The van der Waals surface area contributed by atoms with Crippen LogP contribution >= 0.6 is 0 Å². The summed E-state index contributed by atoms with van der Waals surface area (Å²) in [5.41, 5.74) is 0. The van der Waals surface area contributed by atoms with Crippen LogP contribution < -0.4 is 9.86 Å². The Hall–Kier alpha value is -0.220. The molecule has 0 aromatic rings. The van der Waals surface area contributed by atoms with Gasteiger partial charge in [-0.2, -0.15) is 12.7 Å². The molecule has 0 aromatic heterocycles. The van der Waals surface area contributed by atoms with E-state index in [0.717, 1.165) is 4.31 Å². The van der Waals surface area contributed by atoms with Gasteiger partial charge in [-0.15, -0.1) is 0 Å². The van der Waals surface area contributed by atoms with Crippen molar-refractivity contribution in [1.82, 2.24) is 9.03 Å². The average Bonchev–Trinajstić information content (AvgIpc) is 2.17. The molecule has 1 rings (SSSR count). The van der Waals surface area contributed by atoms with E-state index in [4.69, 9.17) is 5.14 Å². The van der Waals surface area contributed by atoms with Crippen LogP contribution in [0, 0.1) is 0 Å². The van der Waals surface area contributed by atoms with Crippen molar-refractivity contribution in [3.63, 3.8) is 0 Å². The van der Waals surface area contributed by atoms with Crippen LogP contribution in [0.25, 0.3) is 0 Å². The maximum atomic E-state index is 11.4. The lowest BCUT2D eigenvalue weighted by molar-refractivity contribution is 0.343. The van der Waals surface area contributed by atoms with E-state index in [1.807, 2.05) is 0 Å². The van der Waals surface area contributed by atoms with Gasteiger partial charge < -0.3 is 0 Å². The van der Waals surface area contributed by atoms with Gasteiger partial charge in [-0.3, -0.25) is 0 Å². The molecule has 9 heteroatoms. The normalized spacial score (nSPS) is 25.3. The highest BCUT2D eigenvalue weighted by Crippen LogP contribution is 2.17. The lowest BCUT2D eigenvalue weighted by Gasteiger charge is -2.30. The molecule has 0 saturated carbocycles. The second-order valence-corrected chi connectivity index (χ2v) is 7.14. The molecular formula is C6H15N3O4S2. The molecule has 0 aromatic carbocycles. The first-order valence-corrected chi connectivity index (χ1v) is 7.52. The van der Waals surface area contributed by atoms with Gasteiger partial charge in [0.25, 0.3) is 10.2 Å². The van der Waals surface area contributed by atoms with Gasteiger partial charge in [0, 0.05) is 20.1 Å². The molecule has 1 unspecified atom stereocenters. The molecule has 1 fully saturated rings. The minimum atomic E-state index is -3.66. The summed E-state index contributed by atoms with van der Waals surface area (Å²) in [7, 11) is -5.92. The monoisotopic (exact) mass is 257 g/mol. The number of rotatable bonds is 3. The fourth-order valence-electron chi connectivity index (χ4n) is 1.52. The van der Waals surface area contributed by atoms with Crippen LogP contribution in [-0.2, 0) is 20.2 Å². The third kappa shape index (κ3) is 3.11. The maximum Gasteiger partial charge on any atom is 0.279 e. The molecule has 0 bridgehead atoms. The number of hydrogen-bond acceptors (Lipinski definition) is 4. The summed E-state index contributed by atoms with van der Waals surface area (Å²) in [6.07, 6.45) is 0.913. The van der Waals surface area contributed by atoms with E-state index in [1.54, 1.807) is 0 Å². The Kier molecular flexibility index (Phi) is 3.71. The van der Waals surface area contributed by atoms with Crippen LogP contribution in [0.4, 0.5) is 0 Å². The third-order valence-electron chi connectivity index (χ3n) is 2.40. The Morgan fingerprint density at radius 3 is 2.40 bits per heavy atom. The maximum absolute atomic E-state index is 11.4. The third-order valence-corrected chi connectivity index (χ3v) is 5.24. The van der Waals surface area contributed by atoms with Gasteiger partial charge in [-0.25, -0.2) is 18.3 Å². The molecule has 3 N–H and O–H groups in total. The lowest BCUT2D eigenvalue weighted by Crippen LogP contribution is -2.49. The van der Waals surface area contributed by atoms with Crippen molar-refractivity contribution < 1.29 is 16.8 Å². The van der Waals surface area contributed by atoms with Crippen molar-refractivity contribution in [2.45, 2.75) is 18.1 Å². The van der Waals surface area contributed by atoms with Crippen molar-refractivity contribution >= 4 is 20.2 Å². The first-order chi connectivity index (χ1) is 6.77. The van der Waals surface area contributed by atoms with E-state index in [-0.39, 0.29) is 6.54 Å². The van der Waals surface area contributed by atoms with Crippen molar-refractivity contribution in [1.29, 1.82) is 0 Å². The fraction of sp³-hybridized carbons (Fsp3) is 1.00. The highest BCUT2D eigenvalue weighted by atomic mass is 32.2. The molecule has 1 aliphatic heterocycles. The molecule has 1 saturated heterocycles. The Labute approximate surface area is 89.9 Å². The highest BCUT2D eigenvalue weighted by Gasteiger charge is 2.33. The van der Waals surface area contributed by atoms with Crippen LogP contribution in [0.5, 0.6) is 0 Å². The van der Waals surface area contributed by atoms with Crippen LogP contribution in [0.3, 0.4) is 0 Å². The van der Waals surface area contributed by atoms with Gasteiger partial charge in [0.1, 0.15) is 0 Å². The molecule has 15 heavy (non-hydrogen) atoms. The van der Waals surface area contributed by atoms with E-state index in [2.05, 4.69) is 4.72 Å². The van der Waals surface area contributed by atoms with Gasteiger partial charge >= 0.3 is 0 Å². The summed E-state index contributed by atoms with van der Waals surface area (Å²) in [4.78, 5) is 0. The number of nitrogens with one attached hydrogen (secondary N) is 1. The predicted octanol–water partition coefficient (Wildman–Crippen LogP) is -1.80. The molecule has 1 aliphatic rings. The number of sulfonamides is 1. The standard InChI is InChI=1S/C6H15N3O4S2/c1-8-15(12,13)9-4-2-3-6(5-9)14(7,10)11/h6,8H,2-5H2,1H3,(H2,7,10,11). The number of hydrogen-bond donors (Lipinski definition) is 2. The van der Waals surface area contributed by atoms with E-state index in [9.17, 15) is 16.8 Å². The SMILES string of the molecule is CNS(=O)(=O)N1CCCC(S(N)(=O)=O)C1. The van der Waals surface area contributed by atoms with Crippen LogP contribution in [0.2, 0.25) is 0 Å². The minimum Gasteiger partial charge on any atom is -0.228 e. The number of piperidine rings is 1. The second-order valence-electron chi connectivity index (χ2n) is 3.42. The van der Waals surface area contributed by atoms with Crippen LogP contribution in [0.15, 0.2) is 0 Å². The summed E-state index contributed by atoms with van der Waals surface area (Å²) < 4.78 is 48.2. The topological polar surface area (TPSA) is 110 Å². The van der Waals surface area contributed by atoms with Crippen LogP contribution in [-0.4, -0.2) is 46.5 Å². The average molecular weight is 257 g/mol. The predicted molar refractivity (Wildman–Crippen MR) is 55.7 cm³/mol. The molecule has 0 aliphatic carbocycles. The molecule has 7 nitrogen and oxygen atoms in total. The Morgan fingerprint density at radius 1 is 1.33 bits per heavy atom. The zero-order valence-corrected chi connectivity index (χ0v) is 10.0. The van der Waals surface area contributed by atoms with Crippen LogP contribution in [0.1, 0.15) is 12.8 Å². The largest absolute Gasteiger partial charge is 0.279 e. The molecule has 0 radical (unpaired) electrons. The first-order valence-electron chi connectivity index (χ1n) is 4.47. The lowest BCUT2D eigenvalue weighted by atomic mass is 10.2. The van der Waals surface area contributed by atoms with Gasteiger partial charge in [-0.1, -0.05) is 0 Å². The molecule has 0 spiro atoms. The van der Waals surface area contributed by atoms with Gasteiger partial charge in [0.05, 0.1) is 5.25 Å². The number of nitrogens with two attached hydrogens (primary N) is 1. The molecule has 90 valence electrons. The summed E-state index contributed by atoms with van der Waals surface area (Å²) in [6.45, 7) is 0.261. The fourth-order valence-corrected chi connectivity index (χ4v) is 3.50. The summed E-state index contributed by atoms with van der Waals surface area (Å²) in [6, 6.07) is 0. The number of nitrogens with zero attached hydrogens (tertiary/aromatic N) is 1. The highest BCUT2D eigenvalue weighted by molar-refractivity contribution is 7.90. The Bertz CT molecular complexity index is 416. The quantitative estimate of drug-likeness (QED) is 0.621. The molecule has 1 heterocycles. The van der Waals surface area contributed by atoms with E-state index in [0.29, 0.717) is 19.4 Å². The van der Waals surface area contributed by atoms with E-state index >= 15 is 0 Å². The van der Waals surface area contributed by atoms with Crippen molar-refractivity contribution in [2.24, 2.45) is 5.14 Å². The molecule has 1 atom stereocenters. The molecular weight excluding hydrogens is 242 g/mol. The zero-order valence-electron chi connectivity index (χ0n) is 8.38. The van der Waals surface area contributed by atoms with Gasteiger partial charge in [0.15, 0.2) is 0 Å². The first kappa shape index (κ1) is 12.8. The van der Waals surface area contributed by atoms with Gasteiger partial charge in [0.2, 0.25) is 10.0 Å². The van der Waals surface area contributed by atoms with Crippen molar-refractivity contribution in [3.05, 3.63) is 0 Å². The molecule has 0 amide bonds. The summed E-state index contributed by atoms with van der Waals surface area (Å²) in [5, 5.41) is 4.19. The Balaban J connectivity index is 2.82. The number of primary sulfonamides is 1.